The van der Waals surface area contributed by atoms with E-state index < -0.39 is 24.5 Å². The van der Waals surface area contributed by atoms with Crippen LogP contribution in [-0.4, -0.2) is 46.3 Å². The van der Waals surface area contributed by atoms with Crippen LogP contribution in [0.5, 0.6) is 0 Å². The van der Waals surface area contributed by atoms with E-state index in [0.29, 0.717) is 39.2 Å². The highest BCUT2D eigenvalue weighted by Crippen LogP contribution is 2.22. The monoisotopic (exact) mass is 396 g/mol. The third-order valence-electron chi connectivity index (χ3n) is 4.24. The van der Waals surface area contributed by atoms with Gasteiger partial charge in [-0.05, 0) is 44.2 Å². The summed E-state index contributed by atoms with van der Waals surface area (Å²) in [4.78, 5) is 40.5. The zero-order valence-electron chi connectivity index (χ0n) is 16.5. The summed E-state index contributed by atoms with van der Waals surface area (Å²) in [7, 11) is 3.03. The number of nitrogens with zero attached hydrogens (tertiary/aromatic N) is 3. The maximum atomic E-state index is 12.6. The van der Waals surface area contributed by atoms with Crippen LogP contribution in [0, 0.1) is 13.8 Å². The molecule has 0 fully saturated rings. The number of esters is 2. The minimum Gasteiger partial charge on any atom is -0.465 e. The smallest absolute Gasteiger partial charge is 0.339 e. The van der Waals surface area contributed by atoms with Gasteiger partial charge in [-0.1, -0.05) is 0 Å². The molecule has 1 aromatic carbocycles. The van der Waals surface area contributed by atoms with Crippen molar-refractivity contribution in [2.75, 3.05) is 19.0 Å². The van der Waals surface area contributed by atoms with Crippen LogP contribution >= 0.6 is 0 Å². The Balaban J connectivity index is 1.67. The van der Waals surface area contributed by atoms with Gasteiger partial charge in [-0.25, -0.2) is 14.6 Å². The summed E-state index contributed by atoms with van der Waals surface area (Å²) in [6, 6.07) is 7.77. The predicted molar refractivity (Wildman–Crippen MR) is 105 cm³/mol. The summed E-state index contributed by atoms with van der Waals surface area (Å²) < 4.78 is 11.4. The number of anilines is 1. The normalized spacial score (nSPS) is 10.6. The van der Waals surface area contributed by atoms with E-state index in [1.165, 1.54) is 19.2 Å². The number of aromatic nitrogens is 3. The number of fused-ring (bicyclic) bond motifs is 1. The van der Waals surface area contributed by atoms with Crippen molar-refractivity contribution in [2.45, 2.75) is 13.8 Å². The van der Waals surface area contributed by atoms with E-state index in [2.05, 4.69) is 20.1 Å². The van der Waals surface area contributed by atoms with Crippen molar-refractivity contribution in [2.24, 2.45) is 7.05 Å². The second-order valence-corrected chi connectivity index (χ2v) is 6.41. The number of aryl methyl sites for hydroxylation is 3. The van der Waals surface area contributed by atoms with Crippen LogP contribution in [0.25, 0.3) is 11.0 Å². The molecule has 3 aromatic rings. The van der Waals surface area contributed by atoms with Gasteiger partial charge in [0.1, 0.15) is 0 Å². The number of methoxy groups -OCH3 is 1. The summed E-state index contributed by atoms with van der Waals surface area (Å²) in [5, 5.41) is 7.48. The van der Waals surface area contributed by atoms with Crippen molar-refractivity contribution in [3.05, 3.63) is 52.8 Å². The van der Waals surface area contributed by atoms with Gasteiger partial charge in [0, 0.05) is 18.4 Å². The highest BCUT2D eigenvalue weighted by molar-refractivity contribution is 6.05. The Bertz CT molecular complexity index is 1100. The molecule has 0 saturated heterocycles. The Morgan fingerprint density at radius 1 is 1.10 bits per heavy atom. The molecule has 0 radical (unpaired) electrons. The fourth-order valence-corrected chi connectivity index (χ4v) is 2.94. The van der Waals surface area contributed by atoms with Crippen molar-refractivity contribution < 1.29 is 23.9 Å². The van der Waals surface area contributed by atoms with Gasteiger partial charge in [-0.3, -0.25) is 9.48 Å². The Labute approximate surface area is 166 Å². The molecular formula is C20H20N4O5. The number of ether oxygens (including phenoxy) is 2. The van der Waals surface area contributed by atoms with Crippen molar-refractivity contribution in [1.29, 1.82) is 0 Å². The highest BCUT2D eigenvalue weighted by atomic mass is 16.5. The Morgan fingerprint density at radius 2 is 1.79 bits per heavy atom. The summed E-state index contributed by atoms with van der Waals surface area (Å²) in [6.07, 6.45) is 0. The van der Waals surface area contributed by atoms with Gasteiger partial charge >= 0.3 is 11.9 Å². The number of hydrogen-bond acceptors (Lipinski definition) is 7. The number of rotatable bonds is 5. The number of carbonyl (C=O) groups is 3. The molecule has 2 aromatic heterocycles. The topological polar surface area (TPSA) is 112 Å². The van der Waals surface area contributed by atoms with Gasteiger partial charge in [0.25, 0.3) is 5.91 Å². The molecule has 29 heavy (non-hydrogen) atoms. The van der Waals surface area contributed by atoms with Crippen molar-refractivity contribution in [1.82, 2.24) is 14.8 Å². The first-order valence-electron chi connectivity index (χ1n) is 8.76. The number of nitrogens with one attached hydrogen (secondary N) is 1. The van der Waals surface area contributed by atoms with Crippen LogP contribution in [0.2, 0.25) is 0 Å². The number of carbonyl (C=O) groups excluding carboxylic acids is 3. The SMILES string of the molecule is COC(=O)c1ccc(NC(=O)COC(=O)c2cc(C)nc3c2c(C)nn3C)cc1. The van der Waals surface area contributed by atoms with Gasteiger partial charge in [0.05, 0.1) is 29.3 Å². The molecule has 1 N–H and O–H groups in total. The average Bonchev–Trinajstić information content (AvgIpc) is 2.99. The lowest BCUT2D eigenvalue weighted by Gasteiger charge is -2.08. The van der Waals surface area contributed by atoms with Crippen LogP contribution in [0.1, 0.15) is 32.1 Å². The first kappa shape index (κ1) is 20.0. The molecule has 150 valence electrons. The molecule has 0 aliphatic rings. The Morgan fingerprint density at radius 3 is 2.45 bits per heavy atom. The lowest BCUT2D eigenvalue weighted by Crippen LogP contribution is -2.21. The minimum absolute atomic E-state index is 0.313. The molecule has 0 aliphatic carbocycles. The standard InChI is InChI=1S/C20H20N4O5/c1-11-9-15(17-12(2)23-24(3)18(17)21-11)20(27)29-10-16(25)22-14-7-5-13(6-8-14)19(26)28-4/h5-9H,10H2,1-4H3,(H,22,25). The molecule has 2 heterocycles. The number of amides is 1. The van der Waals surface area contributed by atoms with E-state index in [-0.39, 0.29) is 0 Å². The lowest BCUT2D eigenvalue weighted by atomic mass is 10.1. The number of benzene rings is 1. The molecule has 0 aliphatic heterocycles. The first-order chi connectivity index (χ1) is 13.8. The molecule has 1 amide bonds. The predicted octanol–water partition coefficient (Wildman–Crippen LogP) is 2.17. The molecule has 0 saturated carbocycles. The molecular weight excluding hydrogens is 376 g/mol. The largest absolute Gasteiger partial charge is 0.465 e. The van der Waals surface area contributed by atoms with Crippen LogP contribution in [0.15, 0.2) is 30.3 Å². The fourth-order valence-electron chi connectivity index (χ4n) is 2.94. The van der Waals surface area contributed by atoms with E-state index in [0.717, 1.165) is 0 Å². The van der Waals surface area contributed by atoms with Gasteiger partial charge < -0.3 is 14.8 Å². The molecule has 3 rings (SSSR count). The molecule has 9 heteroatoms. The Kier molecular flexibility index (Phi) is 5.58. The third kappa shape index (κ3) is 4.23. The van der Waals surface area contributed by atoms with E-state index in [9.17, 15) is 14.4 Å². The van der Waals surface area contributed by atoms with E-state index >= 15 is 0 Å². The average molecular weight is 396 g/mol. The molecule has 0 spiro atoms. The quantitative estimate of drug-likeness (QED) is 0.658. The number of pyridine rings is 1. The lowest BCUT2D eigenvalue weighted by molar-refractivity contribution is -0.119. The van der Waals surface area contributed by atoms with Gasteiger partial charge in [-0.15, -0.1) is 0 Å². The zero-order chi connectivity index (χ0) is 21.1. The highest BCUT2D eigenvalue weighted by Gasteiger charge is 2.19. The fraction of sp³-hybridized carbons (Fsp3) is 0.250. The maximum Gasteiger partial charge on any atom is 0.339 e. The van der Waals surface area contributed by atoms with Crippen LogP contribution in [0.3, 0.4) is 0 Å². The summed E-state index contributed by atoms with van der Waals surface area (Å²) in [5.74, 6) is -1.61. The van der Waals surface area contributed by atoms with Gasteiger partial charge in [-0.2, -0.15) is 5.10 Å². The Hall–Kier alpha value is -3.75. The number of hydrogen-bond donors (Lipinski definition) is 1. The second-order valence-electron chi connectivity index (χ2n) is 6.41. The van der Waals surface area contributed by atoms with E-state index in [1.807, 2.05) is 0 Å². The zero-order valence-corrected chi connectivity index (χ0v) is 16.5. The molecule has 0 atom stereocenters. The molecule has 0 unspecified atom stereocenters. The van der Waals surface area contributed by atoms with Crippen molar-refractivity contribution in [3.63, 3.8) is 0 Å². The van der Waals surface area contributed by atoms with Crippen molar-refractivity contribution >= 4 is 34.6 Å². The van der Waals surface area contributed by atoms with E-state index in [4.69, 9.17) is 4.74 Å². The first-order valence-corrected chi connectivity index (χ1v) is 8.76. The summed E-state index contributed by atoms with van der Waals surface area (Å²) >= 11 is 0. The van der Waals surface area contributed by atoms with Gasteiger partial charge in [0.2, 0.25) is 0 Å². The minimum atomic E-state index is -0.632. The summed E-state index contributed by atoms with van der Waals surface area (Å²) in [6.45, 7) is 3.09. The third-order valence-corrected chi connectivity index (χ3v) is 4.24. The summed E-state index contributed by atoms with van der Waals surface area (Å²) in [5.41, 5.74) is 3.00. The van der Waals surface area contributed by atoms with Crippen LogP contribution in [0.4, 0.5) is 5.69 Å². The second kappa shape index (κ2) is 8.09. The van der Waals surface area contributed by atoms with Gasteiger partial charge in [0.15, 0.2) is 12.3 Å². The molecule has 9 nitrogen and oxygen atoms in total. The van der Waals surface area contributed by atoms with Crippen molar-refractivity contribution in [3.8, 4) is 0 Å². The van der Waals surface area contributed by atoms with Crippen LogP contribution < -0.4 is 5.32 Å². The molecule has 0 bridgehead atoms. The van der Waals surface area contributed by atoms with Crippen LogP contribution in [-0.2, 0) is 21.3 Å². The van der Waals surface area contributed by atoms with E-state index in [1.54, 1.807) is 43.8 Å². The maximum absolute atomic E-state index is 12.6.